The molecule has 0 bridgehead atoms. The highest BCUT2D eigenvalue weighted by atomic mass is 32.2. The lowest BCUT2D eigenvalue weighted by Crippen LogP contribution is -2.14. The minimum atomic E-state index is -4.63. The zero-order valence-electron chi connectivity index (χ0n) is 14.2. The lowest BCUT2D eigenvalue weighted by atomic mass is 10.1. The molecule has 0 radical (unpaired) electrons. The molecule has 0 spiro atoms. The molecule has 3 rings (SSSR count). The first-order valence-corrected chi connectivity index (χ1v) is 9.71. The molecule has 0 aliphatic rings. The Hall–Kier alpha value is -2.68. The van der Waals surface area contributed by atoms with Crippen molar-refractivity contribution >= 4 is 9.84 Å². The van der Waals surface area contributed by atoms with Crippen molar-refractivity contribution in [2.75, 3.05) is 0 Å². The fourth-order valence-electron chi connectivity index (χ4n) is 2.62. The third kappa shape index (κ3) is 4.73. The zero-order chi connectivity index (χ0) is 19.7. The smallest absolute Gasteiger partial charge is 0.334 e. The van der Waals surface area contributed by atoms with E-state index in [1.54, 1.807) is 18.2 Å². The number of rotatable bonds is 5. The van der Waals surface area contributed by atoms with Crippen molar-refractivity contribution in [3.05, 3.63) is 71.0 Å². The molecule has 27 heavy (non-hydrogen) atoms. The highest BCUT2D eigenvalue weighted by molar-refractivity contribution is 7.89. The van der Waals surface area contributed by atoms with Crippen LogP contribution in [0.5, 0.6) is 0 Å². The second kappa shape index (κ2) is 7.15. The van der Waals surface area contributed by atoms with Gasteiger partial charge in [0.2, 0.25) is 0 Å². The summed E-state index contributed by atoms with van der Waals surface area (Å²) in [6, 6.07) is 11.8. The zero-order valence-corrected chi connectivity index (χ0v) is 15.0. The van der Waals surface area contributed by atoms with Crippen LogP contribution in [0.25, 0.3) is 11.5 Å². The molecule has 0 amide bonds. The van der Waals surface area contributed by atoms with Crippen LogP contribution < -0.4 is 0 Å². The van der Waals surface area contributed by atoms with Crippen LogP contribution >= 0.6 is 0 Å². The van der Waals surface area contributed by atoms with Gasteiger partial charge in [-0.05, 0) is 30.7 Å². The predicted molar refractivity (Wildman–Crippen MR) is 92.2 cm³/mol. The van der Waals surface area contributed by atoms with E-state index in [0.29, 0.717) is 5.56 Å². The topological polar surface area (TPSA) is 73.1 Å². The Morgan fingerprint density at radius 1 is 1.04 bits per heavy atom. The van der Waals surface area contributed by atoms with E-state index in [4.69, 9.17) is 4.52 Å². The summed E-state index contributed by atoms with van der Waals surface area (Å²) in [6.07, 6.45) is -4.63. The van der Waals surface area contributed by atoms with Gasteiger partial charge in [0.25, 0.3) is 5.89 Å². The van der Waals surface area contributed by atoms with Crippen LogP contribution in [0.4, 0.5) is 13.2 Å². The average molecular weight is 396 g/mol. The Morgan fingerprint density at radius 2 is 1.78 bits per heavy atom. The number of halogens is 3. The molecular formula is C18H15F3N2O3S. The van der Waals surface area contributed by atoms with Crippen LogP contribution in [0, 0.1) is 6.92 Å². The van der Waals surface area contributed by atoms with Crippen molar-refractivity contribution in [3.8, 4) is 11.5 Å². The summed E-state index contributed by atoms with van der Waals surface area (Å²) in [6.45, 7) is 1.88. The maximum atomic E-state index is 13.0. The minimum absolute atomic E-state index is 0.101. The molecule has 0 fully saturated rings. The summed E-state index contributed by atoms with van der Waals surface area (Å²) in [7, 11) is -3.93. The molecule has 0 atom stereocenters. The van der Waals surface area contributed by atoms with E-state index in [9.17, 15) is 21.6 Å². The van der Waals surface area contributed by atoms with Gasteiger partial charge in [0.05, 0.1) is 11.3 Å². The van der Waals surface area contributed by atoms with Crippen molar-refractivity contribution in [2.45, 2.75) is 24.6 Å². The molecule has 0 unspecified atom stereocenters. The lowest BCUT2D eigenvalue weighted by molar-refractivity contribution is -0.138. The van der Waals surface area contributed by atoms with E-state index in [2.05, 4.69) is 10.1 Å². The van der Waals surface area contributed by atoms with Gasteiger partial charge in [0.1, 0.15) is 5.75 Å². The van der Waals surface area contributed by atoms with Gasteiger partial charge in [-0.2, -0.15) is 18.2 Å². The molecule has 0 aliphatic heterocycles. The van der Waals surface area contributed by atoms with Gasteiger partial charge in [-0.3, -0.25) is 0 Å². The number of nitrogens with zero attached hydrogens (tertiary/aromatic N) is 2. The Morgan fingerprint density at radius 3 is 2.48 bits per heavy atom. The third-order valence-electron chi connectivity index (χ3n) is 3.78. The largest absolute Gasteiger partial charge is 0.416 e. The molecule has 0 saturated carbocycles. The number of sulfone groups is 1. The average Bonchev–Trinajstić information content (AvgIpc) is 3.01. The maximum Gasteiger partial charge on any atom is 0.416 e. The normalized spacial score (nSPS) is 12.3. The quantitative estimate of drug-likeness (QED) is 0.647. The fourth-order valence-corrected chi connectivity index (χ4v) is 3.95. The molecule has 1 heterocycles. The van der Waals surface area contributed by atoms with Gasteiger partial charge < -0.3 is 4.52 Å². The van der Waals surface area contributed by atoms with Gasteiger partial charge in [-0.15, -0.1) is 0 Å². The first-order chi connectivity index (χ1) is 12.6. The standard InChI is InChI=1S/C18H15F3N2O3S/c1-12-5-4-7-13(9-12)17-22-16(23-26-17)11-27(24,25)10-14-6-2-3-8-15(14)18(19,20)21/h2-9H,10-11H2,1H3. The van der Waals surface area contributed by atoms with Gasteiger partial charge in [-0.1, -0.05) is 41.1 Å². The highest BCUT2D eigenvalue weighted by Gasteiger charge is 2.34. The van der Waals surface area contributed by atoms with Crippen LogP contribution in [0.15, 0.2) is 53.1 Å². The van der Waals surface area contributed by atoms with Gasteiger partial charge in [-0.25, -0.2) is 8.42 Å². The Balaban J connectivity index is 1.81. The first kappa shape index (κ1) is 19.1. The molecule has 2 aromatic carbocycles. The van der Waals surface area contributed by atoms with Crippen molar-refractivity contribution in [2.24, 2.45) is 0 Å². The second-order valence-electron chi connectivity index (χ2n) is 6.07. The SMILES string of the molecule is Cc1cccc(-c2nc(CS(=O)(=O)Cc3ccccc3C(F)(F)F)no2)c1. The molecule has 142 valence electrons. The Kier molecular flexibility index (Phi) is 5.05. The number of hydrogen-bond acceptors (Lipinski definition) is 5. The Labute approximate surface area is 153 Å². The van der Waals surface area contributed by atoms with Crippen molar-refractivity contribution in [1.29, 1.82) is 0 Å². The van der Waals surface area contributed by atoms with Gasteiger partial charge in [0.15, 0.2) is 15.7 Å². The van der Waals surface area contributed by atoms with Crippen LogP contribution in [0.2, 0.25) is 0 Å². The fraction of sp³-hybridized carbons (Fsp3) is 0.222. The predicted octanol–water partition coefficient (Wildman–Crippen LogP) is 4.18. The van der Waals surface area contributed by atoms with E-state index in [-0.39, 0.29) is 17.3 Å². The monoisotopic (exact) mass is 396 g/mol. The van der Waals surface area contributed by atoms with Gasteiger partial charge in [0, 0.05) is 5.56 Å². The summed E-state index contributed by atoms with van der Waals surface area (Å²) < 4.78 is 68.9. The van der Waals surface area contributed by atoms with E-state index >= 15 is 0 Å². The van der Waals surface area contributed by atoms with E-state index < -0.39 is 33.1 Å². The molecule has 3 aromatic rings. The number of hydrogen-bond donors (Lipinski definition) is 0. The summed E-state index contributed by atoms with van der Waals surface area (Å²) in [5, 5.41) is 3.63. The summed E-state index contributed by atoms with van der Waals surface area (Å²) in [4.78, 5) is 4.04. The maximum absolute atomic E-state index is 13.0. The van der Waals surface area contributed by atoms with Crippen LogP contribution in [-0.2, 0) is 27.5 Å². The number of benzene rings is 2. The van der Waals surface area contributed by atoms with Crippen molar-refractivity contribution < 1.29 is 26.1 Å². The van der Waals surface area contributed by atoms with E-state index in [0.717, 1.165) is 17.7 Å². The number of alkyl halides is 3. The number of aromatic nitrogens is 2. The van der Waals surface area contributed by atoms with Crippen LogP contribution in [-0.4, -0.2) is 18.6 Å². The Bertz CT molecular complexity index is 1060. The lowest BCUT2D eigenvalue weighted by Gasteiger charge is -2.12. The minimum Gasteiger partial charge on any atom is -0.334 e. The molecule has 0 N–H and O–H groups in total. The molecule has 9 heteroatoms. The molecule has 0 aliphatic carbocycles. The molecule has 5 nitrogen and oxygen atoms in total. The highest BCUT2D eigenvalue weighted by Crippen LogP contribution is 2.33. The summed E-state index contributed by atoms with van der Waals surface area (Å²) in [5.41, 5.74) is 0.312. The van der Waals surface area contributed by atoms with E-state index in [1.807, 2.05) is 13.0 Å². The summed E-state index contributed by atoms with van der Waals surface area (Å²) >= 11 is 0. The van der Waals surface area contributed by atoms with Crippen LogP contribution in [0.3, 0.4) is 0 Å². The van der Waals surface area contributed by atoms with Crippen molar-refractivity contribution in [3.63, 3.8) is 0 Å². The molecular weight excluding hydrogens is 381 g/mol. The first-order valence-electron chi connectivity index (χ1n) is 7.89. The second-order valence-corrected chi connectivity index (χ2v) is 8.14. The third-order valence-corrected chi connectivity index (χ3v) is 5.23. The molecule has 1 aromatic heterocycles. The van der Waals surface area contributed by atoms with E-state index in [1.165, 1.54) is 12.1 Å². The summed E-state index contributed by atoms with van der Waals surface area (Å²) in [5.74, 6) is -1.33. The van der Waals surface area contributed by atoms with Crippen LogP contribution in [0.1, 0.15) is 22.5 Å². The van der Waals surface area contributed by atoms with Gasteiger partial charge >= 0.3 is 6.18 Å². The number of aryl methyl sites for hydroxylation is 1. The molecule has 0 saturated heterocycles. The van der Waals surface area contributed by atoms with Crippen molar-refractivity contribution in [1.82, 2.24) is 10.1 Å².